The Labute approximate surface area is 151 Å². The summed E-state index contributed by atoms with van der Waals surface area (Å²) in [5.41, 5.74) is 1.34. The summed E-state index contributed by atoms with van der Waals surface area (Å²) in [5.74, 6) is 0.497. The number of benzene rings is 1. The van der Waals surface area contributed by atoms with E-state index < -0.39 is 16.1 Å². The van der Waals surface area contributed by atoms with Crippen LogP contribution in [-0.4, -0.2) is 47.6 Å². The summed E-state index contributed by atoms with van der Waals surface area (Å²) in [4.78, 5) is 11.2. The molecule has 0 radical (unpaired) electrons. The van der Waals surface area contributed by atoms with Crippen molar-refractivity contribution in [2.75, 3.05) is 12.8 Å². The number of nitrogens with zero attached hydrogens (tertiary/aromatic N) is 2. The molecule has 3 rings (SSSR count). The van der Waals surface area contributed by atoms with Gasteiger partial charge in [0.25, 0.3) is 0 Å². The molecule has 1 N–H and O–H groups in total. The summed E-state index contributed by atoms with van der Waals surface area (Å²) in [6.07, 6.45) is 4.05. The van der Waals surface area contributed by atoms with Crippen molar-refractivity contribution >= 4 is 27.2 Å². The van der Waals surface area contributed by atoms with Crippen molar-refractivity contribution in [3.63, 3.8) is 0 Å². The number of hydrogen-bond acceptors (Lipinski definition) is 5. The first-order valence-corrected chi connectivity index (χ1v) is 9.92. The van der Waals surface area contributed by atoms with E-state index in [1.807, 2.05) is 24.3 Å². The van der Waals surface area contributed by atoms with Gasteiger partial charge in [-0.05, 0) is 18.2 Å². The highest BCUT2D eigenvalue weighted by molar-refractivity contribution is 7.88. The summed E-state index contributed by atoms with van der Waals surface area (Å²) in [7, 11) is -3.52. The second-order valence-corrected chi connectivity index (χ2v) is 8.14. The Balaban J connectivity index is 1.78. The number of aromatic nitrogens is 1. The van der Waals surface area contributed by atoms with Gasteiger partial charge in [0.05, 0.1) is 25.2 Å². The molecule has 7 nitrogen and oxygen atoms in total. The number of sulfonamides is 1. The molecule has 0 spiro atoms. The molecule has 0 aliphatic carbocycles. The van der Waals surface area contributed by atoms with Gasteiger partial charge in [-0.2, -0.15) is 4.31 Å². The monoisotopic (exact) mass is 376 g/mol. The Kier molecular flexibility index (Phi) is 5.26. The highest BCUT2D eigenvalue weighted by Gasteiger charge is 2.22. The molecular weight excluding hydrogens is 356 g/mol. The third-order valence-electron chi connectivity index (χ3n) is 4.15. The van der Waals surface area contributed by atoms with Crippen molar-refractivity contribution in [2.24, 2.45) is 0 Å². The molecule has 0 amide bonds. The quantitative estimate of drug-likeness (QED) is 0.606. The molecule has 2 heterocycles. The molecule has 0 aliphatic heterocycles. The molecule has 26 heavy (non-hydrogen) atoms. The molecular formula is C18H20N2O5S. The molecule has 0 fully saturated rings. The molecule has 3 aromatic rings. The summed E-state index contributed by atoms with van der Waals surface area (Å²) < 4.78 is 32.2. The van der Waals surface area contributed by atoms with E-state index >= 15 is 0 Å². The van der Waals surface area contributed by atoms with Crippen molar-refractivity contribution in [3.05, 3.63) is 60.2 Å². The molecule has 2 aromatic heterocycles. The number of para-hydroxylation sites is 1. The van der Waals surface area contributed by atoms with Gasteiger partial charge in [0.15, 0.2) is 6.29 Å². The van der Waals surface area contributed by atoms with Crippen LogP contribution >= 0.6 is 0 Å². The SMILES string of the molecule is CS(=O)(=O)N(Cc1ccco1)C[C@@H](O)Cn1cc(C=O)c2ccccc21. The molecule has 1 aromatic carbocycles. The molecule has 0 bridgehead atoms. The predicted octanol–water partition coefficient (Wildman–Crippen LogP) is 1.87. The molecule has 0 saturated carbocycles. The zero-order chi connectivity index (χ0) is 18.7. The highest BCUT2D eigenvalue weighted by atomic mass is 32.2. The fourth-order valence-corrected chi connectivity index (χ4v) is 3.74. The predicted molar refractivity (Wildman–Crippen MR) is 97.3 cm³/mol. The van der Waals surface area contributed by atoms with Crippen molar-refractivity contribution < 1.29 is 22.7 Å². The van der Waals surface area contributed by atoms with E-state index in [2.05, 4.69) is 0 Å². The van der Waals surface area contributed by atoms with E-state index in [-0.39, 0.29) is 19.6 Å². The van der Waals surface area contributed by atoms with Crippen LogP contribution < -0.4 is 0 Å². The minimum atomic E-state index is -3.52. The molecule has 0 aliphatic rings. The number of fused-ring (bicyclic) bond motifs is 1. The van der Waals surface area contributed by atoms with E-state index in [0.717, 1.165) is 23.4 Å². The number of hydrogen-bond donors (Lipinski definition) is 1. The first-order valence-electron chi connectivity index (χ1n) is 8.07. The van der Waals surface area contributed by atoms with Crippen molar-refractivity contribution in [3.8, 4) is 0 Å². The zero-order valence-corrected chi connectivity index (χ0v) is 15.1. The van der Waals surface area contributed by atoms with Crippen LogP contribution in [0.3, 0.4) is 0 Å². The second-order valence-electron chi connectivity index (χ2n) is 6.16. The lowest BCUT2D eigenvalue weighted by Gasteiger charge is -2.22. The maximum absolute atomic E-state index is 12.0. The van der Waals surface area contributed by atoms with Gasteiger partial charge < -0.3 is 14.1 Å². The fraction of sp³-hybridized carbons (Fsp3) is 0.278. The van der Waals surface area contributed by atoms with Crippen LogP contribution in [0, 0.1) is 0 Å². The number of furan rings is 1. The average molecular weight is 376 g/mol. The van der Waals surface area contributed by atoms with Crippen LogP contribution in [0.5, 0.6) is 0 Å². The Morgan fingerprint density at radius 3 is 2.69 bits per heavy atom. The Morgan fingerprint density at radius 2 is 2.04 bits per heavy atom. The van der Waals surface area contributed by atoms with Crippen LogP contribution in [0.4, 0.5) is 0 Å². The van der Waals surface area contributed by atoms with Gasteiger partial charge in [-0.1, -0.05) is 18.2 Å². The van der Waals surface area contributed by atoms with Gasteiger partial charge in [-0.25, -0.2) is 8.42 Å². The lowest BCUT2D eigenvalue weighted by Crippen LogP contribution is -2.37. The highest BCUT2D eigenvalue weighted by Crippen LogP contribution is 2.20. The summed E-state index contributed by atoms with van der Waals surface area (Å²) in [6, 6.07) is 10.7. The van der Waals surface area contributed by atoms with Gasteiger partial charge in [-0.3, -0.25) is 4.79 Å². The normalized spacial score (nSPS) is 13.3. The molecule has 138 valence electrons. The second kappa shape index (κ2) is 7.45. The number of carbonyl (C=O) groups is 1. The molecule has 0 unspecified atom stereocenters. The van der Waals surface area contributed by atoms with E-state index in [0.29, 0.717) is 11.3 Å². The first kappa shape index (κ1) is 18.4. The van der Waals surface area contributed by atoms with Crippen LogP contribution in [0.2, 0.25) is 0 Å². The van der Waals surface area contributed by atoms with Crippen molar-refractivity contribution in [2.45, 2.75) is 19.2 Å². The van der Waals surface area contributed by atoms with Crippen LogP contribution in [0.25, 0.3) is 10.9 Å². The topological polar surface area (TPSA) is 92.8 Å². The van der Waals surface area contributed by atoms with Crippen molar-refractivity contribution in [1.29, 1.82) is 0 Å². The number of aliphatic hydroxyl groups excluding tert-OH is 1. The smallest absolute Gasteiger partial charge is 0.211 e. The first-order chi connectivity index (χ1) is 12.4. The van der Waals surface area contributed by atoms with Gasteiger partial charge >= 0.3 is 0 Å². The van der Waals surface area contributed by atoms with Gasteiger partial charge in [0, 0.05) is 35.8 Å². The third-order valence-corrected chi connectivity index (χ3v) is 5.37. The lowest BCUT2D eigenvalue weighted by atomic mass is 10.2. The Hall–Kier alpha value is -2.42. The maximum Gasteiger partial charge on any atom is 0.211 e. The largest absolute Gasteiger partial charge is 0.468 e. The van der Waals surface area contributed by atoms with E-state index in [1.54, 1.807) is 22.9 Å². The molecule has 8 heteroatoms. The maximum atomic E-state index is 12.0. The number of rotatable bonds is 8. The fourth-order valence-electron chi connectivity index (χ4n) is 2.93. The Morgan fingerprint density at radius 1 is 1.27 bits per heavy atom. The zero-order valence-electron chi connectivity index (χ0n) is 14.3. The van der Waals surface area contributed by atoms with Crippen LogP contribution in [-0.2, 0) is 23.1 Å². The van der Waals surface area contributed by atoms with Crippen LogP contribution in [0.15, 0.2) is 53.3 Å². The minimum absolute atomic E-state index is 0.0505. The number of carbonyl (C=O) groups excluding carboxylic acids is 1. The number of aliphatic hydroxyl groups is 1. The standard InChI is InChI=1S/C18H20N2O5S/c1-26(23,24)20(12-16-5-4-8-25-16)11-15(22)10-19-9-14(13-21)17-6-2-3-7-18(17)19/h2-9,13,15,22H,10-12H2,1H3/t15-/m0/s1. The molecule has 0 saturated heterocycles. The summed E-state index contributed by atoms with van der Waals surface area (Å²) in [6.45, 7) is 0.135. The Bertz CT molecular complexity index is 992. The van der Waals surface area contributed by atoms with Crippen LogP contribution in [0.1, 0.15) is 16.1 Å². The number of aldehydes is 1. The molecule has 1 atom stereocenters. The van der Waals surface area contributed by atoms with Gasteiger partial charge in [-0.15, -0.1) is 0 Å². The summed E-state index contributed by atoms with van der Waals surface area (Å²) in [5, 5.41) is 11.3. The van der Waals surface area contributed by atoms with E-state index in [1.165, 1.54) is 10.6 Å². The lowest BCUT2D eigenvalue weighted by molar-refractivity contribution is 0.112. The van der Waals surface area contributed by atoms with E-state index in [4.69, 9.17) is 4.42 Å². The van der Waals surface area contributed by atoms with E-state index in [9.17, 15) is 18.3 Å². The minimum Gasteiger partial charge on any atom is -0.468 e. The van der Waals surface area contributed by atoms with Crippen molar-refractivity contribution in [1.82, 2.24) is 8.87 Å². The summed E-state index contributed by atoms with van der Waals surface area (Å²) >= 11 is 0. The van der Waals surface area contributed by atoms with Gasteiger partial charge in [0.1, 0.15) is 5.76 Å². The van der Waals surface area contributed by atoms with Gasteiger partial charge in [0.2, 0.25) is 10.0 Å². The third kappa shape index (κ3) is 4.04. The average Bonchev–Trinajstić information content (AvgIpc) is 3.22.